The van der Waals surface area contributed by atoms with Crippen LogP contribution in [0.25, 0.3) is 0 Å². The van der Waals surface area contributed by atoms with E-state index in [2.05, 4.69) is 16.0 Å². The summed E-state index contributed by atoms with van der Waals surface area (Å²) in [7, 11) is 0. The predicted octanol–water partition coefficient (Wildman–Crippen LogP) is 3.73. The number of piperidine rings is 1. The largest absolute Gasteiger partial charge is 0.348 e. The van der Waals surface area contributed by atoms with Crippen molar-refractivity contribution in [1.29, 1.82) is 0 Å². The molecule has 0 aromatic heterocycles. The van der Waals surface area contributed by atoms with Gasteiger partial charge in [-0.1, -0.05) is 23.2 Å². The molecule has 7 heteroatoms. The molecule has 3 rings (SSSR count). The van der Waals surface area contributed by atoms with Crippen molar-refractivity contribution >= 4 is 40.7 Å². The third kappa shape index (κ3) is 4.97. The normalized spacial score (nSPS) is 16.8. The number of rotatable bonds is 4. The van der Waals surface area contributed by atoms with Gasteiger partial charge in [-0.3, -0.25) is 9.59 Å². The van der Waals surface area contributed by atoms with Crippen molar-refractivity contribution in [1.82, 2.24) is 10.6 Å². The van der Waals surface area contributed by atoms with Crippen LogP contribution >= 0.6 is 23.2 Å². The SMILES string of the molecule is O=C(Nc1ccc(C(=O)NC2CCCNC2)cc1)c1cc(Cl)cc(Cl)c1. The first kappa shape index (κ1) is 18.7. The van der Waals surface area contributed by atoms with Crippen molar-refractivity contribution in [3.63, 3.8) is 0 Å². The van der Waals surface area contributed by atoms with Gasteiger partial charge in [0.15, 0.2) is 0 Å². The van der Waals surface area contributed by atoms with Crippen LogP contribution in [0.15, 0.2) is 42.5 Å². The second-order valence-corrected chi connectivity index (χ2v) is 7.08. The molecular weight excluding hydrogens is 373 g/mol. The van der Waals surface area contributed by atoms with Crippen molar-refractivity contribution in [2.45, 2.75) is 18.9 Å². The van der Waals surface area contributed by atoms with Crippen molar-refractivity contribution in [2.24, 2.45) is 0 Å². The molecule has 0 saturated carbocycles. The minimum atomic E-state index is -0.320. The summed E-state index contributed by atoms with van der Waals surface area (Å²) in [4.78, 5) is 24.6. The molecule has 1 aliphatic rings. The third-order valence-electron chi connectivity index (χ3n) is 4.16. The van der Waals surface area contributed by atoms with E-state index in [9.17, 15) is 9.59 Å². The summed E-state index contributed by atoms with van der Waals surface area (Å²) in [5.41, 5.74) is 1.51. The van der Waals surface area contributed by atoms with Crippen LogP contribution in [0.2, 0.25) is 10.0 Å². The molecule has 1 fully saturated rings. The first-order valence-electron chi connectivity index (χ1n) is 8.40. The van der Waals surface area contributed by atoms with Crippen LogP contribution in [0.5, 0.6) is 0 Å². The first-order valence-corrected chi connectivity index (χ1v) is 9.16. The summed E-state index contributed by atoms with van der Waals surface area (Å²) >= 11 is 11.8. The van der Waals surface area contributed by atoms with Gasteiger partial charge in [-0.15, -0.1) is 0 Å². The monoisotopic (exact) mass is 391 g/mol. The van der Waals surface area contributed by atoms with Gasteiger partial charge in [-0.05, 0) is 61.9 Å². The summed E-state index contributed by atoms with van der Waals surface area (Å²) in [5.74, 6) is -0.432. The number of anilines is 1. The van der Waals surface area contributed by atoms with Crippen LogP contribution in [0.3, 0.4) is 0 Å². The molecule has 0 spiro atoms. The number of carbonyl (C=O) groups excluding carboxylic acids is 2. The highest BCUT2D eigenvalue weighted by atomic mass is 35.5. The van der Waals surface area contributed by atoms with Gasteiger partial charge in [-0.25, -0.2) is 0 Å². The Hall–Kier alpha value is -2.08. The average molecular weight is 392 g/mol. The Balaban J connectivity index is 1.61. The topological polar surface area (TPSA) is 70.2 Å². The lowest BCUT2D eigenvalue weighted by molar-refractivity contribution is 0.0930. The average Bonchev–Trinajstić information content (AvgIpc) is 2.62. The number of hydrogen-bond donors (Lipinski definition) is 3. The van der Waals surface area contributed by atoms with Crippen molar-refractivity contribution < 1.29 is 9.59 Å². The number of carbonyl (C=O) groups is 2. The Morgan fingerprint density at radius 1 is 0.962 bits per heavy atom. The highest BCUT2D eigenvalue weighted by Crippen LogP contribution is 2.20. The zero-order chi connectivity index (χ0) is 18.5. The van der Waals surface area contributed by atoms with Crippen molar-refractivity contribution in [2.75, 3.05) is 18.4 Å². The molecule has 2 amide bonds. The quantitative estimate of drug-likeness (QED) is 0.743. The molecule has 26 heavy (non-hydrogen) atoms. The molecule has 3 N–H and O–H groups in total. The lowest BCUT2D eigenvalue weighted by Gasteiger charge is -2.23. The summed E-state index contributed by atoms with van der Waals surface area (Å²) in [6, 6.07) is 11.6. The van der Waals surface area contributed by atoms with E-state index in [1.807, 2.05) is 0 Å². The summed E-state index contributed by atoms with van der Waals surface area (Å²) in [5, 5.41) is 9.83. The van der Waals surface area contributed by atoms with Crippen LogP contribution in [0.1, 0.15) is 33.6 Å². The third-order valence-corrected chi connectivity index (χ3v) is 4.60. The molecule has 5 nitrogen and oxygen atoms in total. The Bertz CT molecular complexity index is 783. The summed E-state index contributed by atoms with van der Waals surface area (Å²) in [6.07, 6.45) is 2.04. The first-order chi connectivity index (χ1) is 12.5. The maximum atomic E-state index is 12.3. The van der Waals surface area contributed by atoms with Gasteiger partial charge in [0.2, 0.25) is 0 Å². The van der Waals surface area contributed by atoms with E-state index in [4.69, 9.17) is 23.2 Å². The van der Waals surface area contributed by atoms with Crippen LogP contribution in [0, 0.1) is 0 Å². The minimum Gasteiger partial charge on any atom is -0.348 e. The summed E-state index contributed by atoms with van der Waals surface area (Å²) in [6.45, 7) is 1.79. The highest BCUT2D eigenvalue weighted by Gasteiger charge is 2.16. The standard InChI is InChI=1S/C19H19Cl2N3O2/c20-14-8-13(9-15(21)10-14)19(26)23-16-5-3-12(4-6-16)18(25)24-17-2-1-7-22-11-17/h3-6,8-10,17,22H,1-2,7,11H2,(H,23,26)(H,24,25). The molecule has 1 heterocycles. The Morgan fingerprint density at radius 2 is 1.65 bits per heavy atom. The Morgan fingerprint density at radius 3 is 2.27 bits per heavy atom. The van der Waals surface area contributed by atoms with Gasteiger partial charge < -0.3 is 16.0 Å². The van der Waals surface area contributed by atoms with Crippen molar-refractivity contribution in [3.05, 3.63) is 63.6 Å². The van der Waals surface area contributed by atoms with E-state index in [1.54, 1.807) is 42.5 Å². The lowest BCUT2D eigenvalue weighted by atomic mass is 10.1. The molecule has 136 valence electrons. The van der Waals surface area contributed by atoms with Crippen LogP contribution in [0.4, 0.5) is 5.69 Å². The predicted molar refractivity (Wildman–Crippen MR) is 104 cm³/mol. The van der Waals surface area contributed by atoms with E-state index in [0.29, 0.717) is 26.9 Å². The smallest absolute Gasteiger partial charge is 0.255 e. The van der Waals surface area contributed by atoms with Crippen molar-refractivity contribution in [3.8, 4) is 0 Å². The fraction of sp³-hybridized carbons (Fsp3) is 0.263. The number of nitrogens with one attached hydrogen (secondary N) is 3. The minimum absolute atomic E-state index is 0.113. The van der Waals surface area contributed by atoms with E-state index in [1.165, 1.54) is 0 Å². The maximum Gasteiger partial charge on any atom is 0.255 e. The van der Waals surface area contributed by atoms with Crippen LogP contribution in [-0.2, 0) is 0 Å². The molecular formula is C19H19Cl2N3O2. The summed E-state index contributed by atoms with van der Waals surface area (Å²) < 4.78 is 0. The number of amides is 2. The van der Waals surface area contributed by atoms with Gasteiger partial charge in [-0.2, -0.15) is 0 Å². The molecule has 1 unspecified atom stereocenters. The molecule has 0 bridgehead atoms. The lowest BCUT2D eigenvalue weighted by Crippen LogP contribution is -2.45. The van der Waals surface area contributed by atoms with Gasteiger partial charge in [0.1, 0.15) is 0 Å². The van der Waals surface area contributed by atoms with E-state index < -0.39 is 0 Å². The van der Waals surface area contributed by atoms with E-state index in [0.717, 1.165) is 25.9 Å². The Kier molecular flexibility index (Phi) is 6.14. The zero-order valence-electron chi connectivity index (χ0n) is 14.0. The molecule has 1 saturated heterocycles. The van der Waals surface area contributed by atoms with Crippen LogP contribution < -0.4 is 16.0 Å². The second-order valence-electron chi connectivity index (χ2n) is 6.21. The number of halogens is 2. The number of hydrogen-bond acceptors (Lipinski definition) is 3. The fourth-order valence-corrected chi connectivity index (χ4v) is 3.36. The van der Waals surface area contributed by atoms with Crippen LogP contribution in [-0.4, -0.2) is 30.9 Å². The maximum absolute atomic E-state index is 12.3. The molecule has 1 atom stereocenters. The zero-order valence-corrected chi connectivity index (χ0v) is 15.5. The van der Waals surface area contributed by atoms with E-state index >= 15 is 0 Å². The molecule has 2 aromatic carbocycles. The number of benzene rings is 2. The molecule has 1 aliphatic heterocycles. The van der Waals surface area contributed by atoms with E-state index in [-0.39, 0.29) is 17.9 Å². The molecule has 0 radical (unpaired) electrons. The van der Waals surface area contributed by atoms with Gasteiger partial charge >= 0.3 is 0 Å². The van der Waals surface area contributed by atoms with Gasteiger partial charge in [0.05, 0.1) is 0 Å². The molecule has 2 aromatic rings. The second kappa shape index (κ2) is 8.54. The van der Waals surface area contributed by atoms with Gasteiger partial charge in [0, 0.05) is 39.4 Å². The molecule has 0 aliphatic carbocycles. The Labute approximate surface area is 162 Å². The fourth-order valence-electron chi connectivity index (χ4n) is 2.84. The van der Waals surface area contributed by atoms with Gasteiger partial charge in [0.25, 0.3) is 11.8 Å². The highest BCUT2D eigenvalue weighted by molar-refractivity contribution is 6.35.